The summed E-state index contributed by atoms with van der Waals surface area (Å²) in [7, 11) is 3.52. The van der Waals surface area contributed by atoms with E-state index < -0.39 is 64.1 Å². The molecule has 2 aliphatic heterocycles. The number of ether oxygens (including phenoxy) is 2. The number of carbonyl (C=O) groups is 6. The standard InChI is InChI=1S/C35H51N3O4.C18H30O4.C17H23N3O.CH4.BrH/c1-9-21-35(22-10-2,33(41)42-34(5,6)7)27(23-24(3)4)31(39)37-30-32(40)38(8)28-20-16-15-19-26(28)29(36-30)25-17-13-11-12-14-18-25;1-8-10-18(11-9-2,16(21)22-17(5,6)7)14(15(19)20)12-13(3)4;1-20-14-11-7-6-10-13(14)15(19-16(18)17(20)21)12-8-4-2-3-5-9-12;;/h9-10,15-16,19-20,24-25,27,30H,1-2,11-14,17-18,21-23H2,3-8H3,(H,37,39);8-9,13-14H,1-2,10-12H2,3-7H3,(H,19,20);6-7,10-12,16H,2-5,8-9,18H2,1H3;1H4;1H/t27-,30?;14-;;;/m00.../s1. The lowest BCUT2D eigenvalue weighted by atomic mass is 9.67. The molecule has 2 unspecified atom stereocenters. The van der Waals surface area contributed by atoms with Crippen LogP contribution in [0.3, 0.4) is 0 Å². The van der Waals surface area contributed by atoms with Gasteiger partial charge in [0.05, 0.1) is 39.8 Å². The molecule has 2 fully saturated rings. The second-order valence-corrected chi connectivity index (χ2v) is 26.6. The monoisotopic (exact) mass is 1270 g/mol. The maximum absolute atomic E-state index is 14.4. The number of nitrogens with zero attached hydrogens (tertiary/aromatic N) is 4. The molecule has 0 bridgehead atoms. The van der Waals surface area contributed by atoms with Crippen LogP contribution in [0.15, 0.2) is 109 Å². The second-order valence-electron chi connectivity index (χ2n) is 26.6. The first-order valence-electron chi connectivity index (χ1n) is 31.1. The number of carboxylic acid groups (broad SMARTS) is 1. The molecule has 2 heterocycles. The Hall–Kier alpha value is -6.00. The van der Waals surface area contributed by atoms with Crippen LogP contribution < -0.4 is 20.9 Å². The van der Waals surface area contributed by atoms with Crippen LogP contribution in [0.2, 0.25) is 0 Å². The number of nitrogens with two attached hydrogens (primary N) is 1. The van der Waals surface area contributed by atoms with Crippen molar-refractivity contribution in [3.8, 4) is 0 Å². The molecular formula is C71H109BrN6O9. The Labute approximate surface area is 533 Å². The molecule has 2 aromatic rings. The van der Waals surface area contributed by atoms with Crippen LogP contribution >= 0.6 is 17.0 Å². The van der Waals surface area contributed by atoms with E-state index in [2.05, 4.69) is 42.7 Å². The summed E-state index contributed by atoms with van der Waals surface area (Å²) in [6, 6.07) is 15.9. The Bertz CT molecular complexity index is 2680. The summed E-state index contributed by atoms with van der Waals surface area (Å²) in [5, 5.41) is 12.7. The molecule has 4 N–H and O–H groups in total. The van der Waals surface area contributed by atoms with Crippen LogP contribution in [0.4, 0.5) is 11.4 Å². The van der Waals surface area contributed by atoms with Gasteiger partial charge in [0.25, 0.3) is 11.8 Å². The van der Waals surface area contributed by atoms with E-state index in [0.29, 0.717) is 18.8 Å². The van der Waals surface area contributed by atoms with Gasteiger partial charge in [-0.25, -0.2) is 0 Å². The average molecular weight is 1270 g/mol. The van der Waals surface area contributed by atoms with Crippen molar-refractivity contribution in [1.29, 1.82) is 0 Å². The largest absolute Gasteiger partial charge is 0.481 e. The molecule has 0 saturated heterocycles. The summed E-state index contributed by atoms with van der Waals surface area (Å²) in [5.74, 6) is -3.51. The molecule has 6 rings (SSSR count). The topological polar surface area (TPSA) is 210 Å². The first-order valence-corrected chi connectivity index (χ1v) is 31.1. The Balaban J connectivity index is 0.000000484. The summed E-state index contributed by atoms with van der Waals surface area (Å²) in [6.45, 7) is 33.9. The number of benzene rings is 2. The van der Waals surface area contributed by atoms with Crippen LogP contribution in [-0.2, 0) is 38.2 Å². The summed E-state index contributed by atoms with van der Waals surface area (Å²) < 4.78 is 11.4. The number of carboxylic acids is 1. The maximum atomic E-state index is 14.4. The quantitative estimate of drug-likeness (QED) is 0.0611. The van der Waals surface area contributed by atoms with Gasteiger partial charge in [0.1, 0.15) is 11.2 Å². The summed E-state index contributed by atoms with van der Waals surface area (Å²) >= 11 is 0. The molecule has 3 amide bonds. The van der Waals surface area contributed by atoms with Crippen LogP contribution in [0, 0.1) is 46.3 Å². The first kappa shape index (κ1) is 77.1. The molecule has 4 aliphatic rings. The van der Waals surface area contributed by atoms with E-state index >= 15 is 0 Å². The smallest absolute Gasteiger partial charge is 0.314 e. The number of amides is 3. The molecule has 0 radical (unpaired) electrons. The second kappa shape index (κ2) is 35.3. The number of aliphatic carboxylic acids is 1. The summed E-state index contributed by atoms with van der Waals surface area (Å²) in [6.07, 6.45) is 20.4. The number of halogens is 1. The number of benzodiazepines with no additional fused rings is 2. The van der Waals surface area contributed by atoms with E-state index in [-0.39, 0.29) is 85.6 Å². The Morgan fingerprint density at radius 1 is 0.609 bits per heavy atom. The number of allylic oxidation sites excluding steroid dienone is 4. The number of fused-ring (bicyclic) bond motifs is 2. The molecule has 2 aliphatic carbocycles. The Morgan fingerprint density at radius 2 is 0.954 bits per heavy atom. The fourth-order valence-electron chi connectivity index (χ4n) is 12.4. The third-order valence-electron chi connectivity index (χ3n) is 16.5. The van der Waals surface area contributed by atoms with Gasteiger partial charge in [0.15, 0.2) is 6.17 Å². The molecule has 2 aromatic carbocycles. The zero-order valence-corrected chi connectivity index (χ0v) is 55.8. The minimum absolute atomic E-state index is 0. The number of anilines is 2. The Kier molecular flexibility index (Phi) is 31.2. The predicted molar refractivity (Wildman–Crippen MR) is 361 cm³/mol. The van der Waals surface area contributed by atoms with Crippen LogP contribution in [0.1, 0.15) is 203 Å². The van der Waals surface area contributed by atoms with Crippen molar-refractivity contribution in [2.24, 2.45) is 62.1 Å². The number of hydrogen-bond acceptors (Lipinski definition) is 11. The molecule has 15 nitrogen and oxygen atoms in total. The molecular weight excluding hydrogens is 1160 g/mol. The fraction of sp³-hybridized carbons (Fsp3) is 0.606. The summed E-state index contributed by atoms with van der Waals surface area (Å²) in [5.41, 5.74) is 7.87. The van der Waals surface area contributed by atoms with Crippen LogP contribution in [0.25, 0.3) is 0 Å². The minimum atomic E-state index is -1.22. The van der Waals surface area contributed by atoms with Gasteiger partial charge in [0, 0.05) is 42.8 Å². The molecule has 2 saturated carbocycles. The van der Waals surface area contributed by atoms with Crippen molar-refractivity contribution in [3.05, 3.63) is 110 Å². The number of aliphatic imine (C=N–C) groups is 2. The molecule has 484 valence electrons. The highest BCUT2D eigenvalue weighted by atomic mass is 79.9. The fourth-order valence-corrected chi connectivity index (χ4v) is 12.4. The van der Waals surface area contributed by atoms with Crippen molar-refractivity contribution in [1.82, 2.24) is 5.32 Å². The number of carbonyl (C=O) groups excluding carboxylic acids is 5. The lowest BCUT2D eigenvalue weighted by Gasteiger charge is -2.39. The van der Waals surface area contributed by atoms with Crippen molar-refractivity contribution >= 4 is 75.4 Å². The number of hydrogen-bond donors (Lipinski definition) is 3. The van der Waals surface area contributed by atoms with Gasteiger partial charge >= 0.3 is 17.9 Å². The van der Waals surface area contributed by atoms with E-state index in [1.54, 1.807) is 69.0 Å². The number of nitrogens with one attached hydrogen (secondary N) is 1. The number of likely N-dealkylation sites (N-methyl/N-ethyl adjacent to an activating group) is 2. The van der Waals surface area contributed by atoms with E-state index in [0.717, 1.165) is 72.4 Å². The molecule has 16 heteroatoms. The number of esters is 2. The third-order valence-corrected chi connectivity index (χ3v) is 16.5. The van der Waals surface area contributed by atoms with Gasteiger partial charge in [-0.05, 0) is 130 Å². The van der Waals surface area contributed by atoms with E-state index in [4.69, 9.17) is 20.2 Å². The van der Waals surface area contributed by atoms with Crippen LogP contribution in [-0.4, -0.2) is 89.8 Å². The molecule has 4 atom stereocenters. The van der Waals surface area contributed by atoms with Crippen molar-refractivity contribution in [2.45, 2.75) is 216 Å². The zero-order chi connectivity index (χ0) is 63.5. The highest BCUT2D eigenvalue weighted by Gasteiger charge is 2.52. The van der Waals surface area contributed by atoms with Gasteiger partial charge in [-0.3, -0.25) is 38.8 Å². The maximum Gasteiger partial charge on any atom is 0.314 e. The van der Waals surface area contributed by atoms with Crippen molar-refractivity contribution < 1.29 is 43.3 Å². The highest BCUT2D eigenvalue weighted by molar-refractivity contribution is 8.93. The summed E-state index contributed by atoms with van der Waals surface area (Å²) in [4.78, 5) is 92.0. The third kappa shape index (κ3) is 21.1. The Morgan fingerprint density at radius 3 is 1.31 bits per heavy atom. The van der Waals surface area contributed by atoms with Gasteiger partial charge in [-0.2, -0.15) is 0 Å². The normalized spacial score (nSPS) is 18.5. The number of rotatable bonds is 21. The van der Waals surface area contributed by atoms with Gasteiger partial charge in [0.2, 0.25) is 12.1 Å². The van der Waals surface area contributed by atoms with Crippen molar-refractivity contribution in [3.63, 3.8) is 0 Å². The highest BCUT2D eigenvalue weighted by Crippen LogP contribution is 2.45. The van der Waals surface area contributed by atoms with E-state index in [9.17, 15) is 33.9 Å². The first-order chi connectivity index (χ1) is 40.0. The lowest BCUT2D eigenvalue weighted by Crippen LogP contribution is -2.53. The van der Waals surface area contributed by atoms with E-state index in [1.165, 1.54) is 38.5 Å². The van der Waals surface area contributed by atoms with Gasteiger partial charge < -0.3 is 35.4 Å². The SMILES string of the molecule is Br.C.C=CCC(CC=C)(C(=O)OC(C)(C)C)[C@@H](CC(C)C)C(=O)NC1N=C(C2CCCCCC2)c2ccccc2N(C)C1=O.C=CCC(CC=C)(C(=O)OC(C)(C)C)[C@@H](CC(C)C)C(=O)O.CN1C(=O)C(N)N=C(C2CCCCCC2)c2ccccc21. The number of para-hydroxylation sites is 2. The molecule has 0 aromatic heterocycles. The van der Waals surface area contributed by atoms with Crippen molar-refractivity contribution in [2.75, 3.05) is 23.9 Å². The van der Waals surface area contributed by atoms with Gasteiger partial charge in [-0.15, -0.1) is 43.3 Å². The molecule has 0 spiro atoms. The van der Waals surface area contributed by atoms with E-state index in [1.807, 2.05) is 90.9 Å². The average Bonchev–Trinajstić information content (AvgIpc) is 2.40. The lowest BCUT2D eigenvalue weighted by molar-refractivity contribution is -0.177. The van der Waals surface area contributed by atoms with Crippen LogP contribution in [0.5, 0.6) is 0 Å². The zero-order valence-electron chi connectivity index (χ0n) is 54.1. The van der Waals surface area contributed by atoms with Gasteiger partial charge in [-0.1, -0.05) is 147 Å². The molecule has 87 heavy (non-hydrogen) atoms. The minimum Gasteiger partial charge on any atom is -0.481 e. The predicted octanol–water partition coefficient (Wildman–Crippen LogP) is 15.1.